The predicted molar refractivity (Wildman–Crippen MR) is 226 cm³/mol. The second-order valence-electron chi connectivity index (χ2n) is 15.6. The summed E-state index contributed by atoms with van der Waals surface area (Å²) in [6.45, 7) is 2.52. The van der Waals surface area contributed by atoms with Gasteiger partial charge in [-0.2, -0.15) is 8.61 Å². The summed E-state index contributed by atoms with van der Waals surface area (Å²) in [5.74, 6) is -0.971. The third kappa shape index (κ3) is 9.55. The molecule has 59 heavy (non-hydrogen) atoms. The Bertz CT molecular complexity index is 2340. The summed E-state index contributed by atoms with van der Waals surface area (Å²) in [6.07, 6.45) is 6.28. The molecule has 4 saturated heterocycles. The lowest BCUT2D eigenvalue weighted by Gasteiger charge is -2.35. The van der Waals surface area contributed by atoms with E-state index in [0.717, 1.165) is 43.4 Å². The highest BCUT2D eigenvalue weighted by Gasteiger charge is 2.41. The second-order valence-corrected chi connectivity index (χ2v) is 20.2. The van der Waals surface area contributed by atoms with Crippen molar-refractivity contribution >= 4 is 55.1 Å². The fraction of sp³-hybridized carbons (Fsp3) is 0.409. The molecule has 0 N–H and O–H groups in total. The van der Waals surface area contributed by atoms with Crippen molar-refractivity contribution in [2.75, 3.05) is 39.3 Å². The average molecular weight is 884 g/mol. The quantitative estimate of drug-likeness (QED) is 0.176. The molecule has 4 atom stereocenters. The van der Waals surface area contributed by atoms with Gasteiger partial charge in [-0.15, -0.1) is 0 Å². The summed E-state index contributed by atoms with van der Waals surface area (Å²) < 4.78 is 68.5. The van der Waals surface area contributed by atoms with Crippen molar-refractivity contribution in [2.24, 2.45) is 11.8 Å². The van der Waals surface area contributed by atoms with E-state index in [1.807, 2.05) is 28.0 Å². The maximum Gasteiger partial charge on any atom is 0.244 e. The molecule has 0 saturated carbocycles. The van der Waals surface area contributed by atoms with E-state index < -0.39 is 26.0 Å². The molecule has 4 unspecified atom stereocenters. The van der Waals surface area contributed by atoms with Crippen LogP contribution in [0.1, 0.15) is 74.6 Å². The first-order valence-corrected chi connectivity index (χ1v) is 23.9. The highest BCUT2D eigenvalue weighted by Crippen LogP contribution is 2.37. The number of nitrogens with zero attached hydrogens (tertiary/aromatic N) is 4. The van der Waals surface area contributed by atoms with E-state index in [0.29, 0.717) is 45.3 Å². The van der Waals surface area contributed by atoms with Crippen LogP contribution < -0.4 is 0 Å². The molecule has 0 aromatic heterocycles. The maximum atomic E-state index is 13.3. The number of rotatable bonds is 8. The second kappa shape index (κ2) is 18.8. The van der Waals surface area contributed by atoms with Crippen LogP contribution >= 0.6 is 23.2 Å². The zero-order chi connectivity index (χ0) is 41.7. The molecule has 0 aliphatic carbocycles. The van der Waals surface area contributed by atoms with E-state index in [9.17, 15) is 30.8 Å². The zero-order valence-corrected chi connectivity index (χ0v) is 35.9. The van der Waals surface area contributed by atoms with Gasteiger partial charge in [0.15, 0.2) is 0 Å². The Hall–Kier alpha value is -3.85. The van der Waals surface area contributed by atoms with Gasteiger partial charge in [0.05, 0.1) is 34.0 Å². The van der Waals surface area contributed by atoms with E-state index in [1.54, 1.807) is 48.5 Å². The minimum absolute atomic E-state index is 0.0270. The van der Waals surface area contributed by atoms with Crippen molar-refractivity contribution in [3.63, 3.8) is 0 Å². The monoisotopic (exact) mass is 882 g/mol. The van der Waals surface area contributed by atoms with Gasteiger partial charge < -0.3 is 9.80 Å². The molecule has 4 aliphatic rings. The Kier molecular flexibility index (Phi) is 13.8. The predicted octanol–water partition coefficient (Wildman–Crippen LogP) is 8.35. The molecular weight excluding hydrogens is 835 g/mol. The van der Waals surface area contributed by atoms with Crippen molar-refractivity contribution < 1.29 is 30.8 Å². The number of likely N-dealkylation sites (tertiary alicyclic amines) is 2. The Balaban J connectivity index is 0.000000179. The van der Waals surface area contributed by atoms with Gasteiger partial charge in [-0.05, 0) is 98.9 Å². The number of hydrogen-bond donors (Lipinski definition) is 0. The van der Waals surface area contributed by atoms with Crippen LogP contribution in [0.4, 0.5) is 4.39 Å². The standard InChI is InChI=1S/C22H24ClFN2O3S.C22H25ClN2O3S/c23-19-6-1-2-8-21(19)30(28,29)25-13-3-5-17(15-25)22(27)26-14-4-7-20(26)16-9-11-18(24)12-10-16;23-19-11-4-5-13-21(19)29(27,28)24-14-6-10-18(16-24)22(26)25-15-7-12-20(25)17-8-2-1-3-9-17/h1-2,6,8-12,17,20H,3-5,7,13-15H2;1-5,8-9,11,13,18,20H,6-7,10,12,14-16H2. The zero-order valence-electron chi connectivity index (χ0n) is 32.7. The molecule has 4 aromatic carbocycles. The van der Waals surface area contributed by atoms with Gasteiger partial charge >= 0.3 is 0 Å². The largest absolute Gasteiger partial charge is 0.335 e. The summed E-state index contributed by atoms with van der Waals surface area (Å²) in [6, 6.07) is 29.2. The number of hydrogen-bond acceptors (Lipinski definition) is 6. The third-order valence-corrected chi connectivity index (χ3v) is 16.6. The Morgan fingerprint density at radius 1 is 0.508 bits per heavy atom. The van der Waals surface area contributed by atoms with E-state index in [2.05, 4.69) is 12.1 Å². The highest BCUT2D eigenvalue weighted by molar-refractivity contribution is 7.89. The molecule has 0 radical (unpaired) electrons. The highest BCUT2D eigenvalue weighted by atomic mass is 35.5. The molecule has 4 fully saturated rings. The van der Waals surface area contributed by atoms with Gasteiger partial charge in [-0.25, -0.2) is 21.2 Å². The average Bonchev–Trinajstić information content (AvgIpc) is 3.96. The van der Waals surface area contributed by atoms with Crippen LogP contribution in [0, 0.1) is 17.7 Å². The smallest absolute Gasteiger partial charge is 0.244 e. The molecule has 0 spiro atoms. The number of halogens is 3. The van der Waals surface area contributed by atoms with Crippen LogP contribution in [0.25, 0.3) is 0 Å². The van der Waals surface area contributed by atoms with Crippen LogP contribution in [0.3, 0.4) is 0 Å². The van der Waals surface area contributed by atoms with Gasteiger partial charge in [-0.1, -0.05) is 89.9 Å². The van der Waals surface area contributed by atoms with E-state index in [4.69, 9.17) is 23.2 Å². The number of sulfonamides is 2. The number of amides is 2. The van der Waals surface area contributed by atoms with Crippen molar-refractivity contribution in [1.82, 2.24) is 18.4 Å². The van der Waals surface area contributed by atoms with Gasteiger partial charge in [0, 0.05) is 39.3 Å². The van der Waals surface area contributed by atoms with Crippen LogP contribution in [0.5, 0.6) is 0 Å². The van der Waals surface area contributed by atoms with Crippen LogP contribution in [0.15, 0.2) is 113 Å². The van der Waals surface area contributed by atoms with E-state index in [-0.39, 0.29) is 68.6 Å². The lowest BCUT2D eigenvalue weighted by molar-refractivity contribution is -0.138. The first kappa shape index (κ1) is 43.2. The fourth-order valence-corrected chi connectivity index (χ4v) is 12.9. The Morgan fingerprint density at radius 2 is 0.898 bits per heavy atom. The summed E-state index contributed by atoms with van der Waals surface area (Å²) in [5, 5.41) is 0.395. The molecule has 314 valence electrons. The van der Waals surface area contributed by atoms with Gasteiger partial charge in [0.2, 0.25) is 31.9 Å². The van der Waals surface area contributed by atoms with Crippen molar-refractivity contribution in [1.29, 1.82) is 0 Å². The molecule has 10 nitrogen and oxygen atoms in total. The summed E-state index contributed by atoms with van der Waals surface area (Å²) in [4.78, 5) is 30.6. The number of benzene rings is 4. The summed E-state index contributed by atoms with van der Waals surface area (Å²) in [5.41, 5.74) is 2.06. The third-order valence-electron chi connectivity index (χ3n) is 11.9. The first-order chi connectivity index (χ1) is 28.4. The fourth-order valence-electron chi connectivity index (χ4n) is 8.89. The van der Waals surface area contributed by atoms with E-state index in [1.165, 1.54) is 32.9 Å². The SMILES string of the molecule is O=C(C1CCCN(S(=O)(=O)c2ccccc2Cl)C1)N1CCCC1c1ccc(F)cc1.O=C(C1CCCN(S(=O)(=O)c2ccccc2Cl)C1)N1CCCC1c1ccccc1. The lowest BCUT2D eigenvalue weighted by atomic mass is 9.96. The van der Waals surface area contributed by atoms with Crippen LogP contribution in [0.2, 0.25) is 10.0 Å². The number of carbonyl (C=O) groups excluding carboxylic acids is 2. The molecule has 0 bridgehead atoms. The van der Waals surface area contributed by atoms with Gasteiger partial charge in [0.25, 0.3) is 0 Å². The normalized spacial score (nSPS) is 23.1. The molecule has 2 amide bonds. The van der Waals surface area contributed by atoms with E-state index >= 15 is 0 Å². The summed E-state index contributed by atoms with van der Waals surface area (Å²) in [7, 11) is -7.48. The molecule has 4 aromatic rings. The molecule has 15 heteroatoms. The molecule has 4 heterocycles. The van der Waals surface area contributed by atoms with Crippen LogP contribution in [-0.2, 0) is 29.6 Å². The lowest BCUT2D eigenvalue weighted by Crippen LogP contribution is -2.46. The van der Waals surface area contributed by atoms with Crippen molar-refractivity contribution in [2.45, 2.75) is 73.2 Å². The van der Waals surface area contributed by atoms with Crippen molar-refractivity contribution in [3.8, 4) is 0 Å². The first-order valence-electron chi connectivity index (χ1n) is 20.3. The van der Waals surface area contributed by atoms with Gasteiger partial charge in [-0.3, -0.25) is 9.59 Å². The molecule has 8 rings (SSSR count). The molecular formula is C44H49Cl2FN4O6S2. The minimum atomic E-state index is -3.76. The number of piperidine rings is 2. The molecule has 4 aliphatic heterocycles. The number of carbonyl (C=O) groups is 2. The topological polar surface area (TPSA) is 115 Å². The Morgan fingerprint density at radius 3 is 1.34 bits per heavy atom. The summed E-state index contributed by atoms with van der Waals surface area (Å²) >= 11 is 12.3. The Labute approximate surface area is 357 Å². The van der Waals surface area contributed by atoms with Gasteiger partial charge in [0.1, 0.15) is 15.6 Å². The minimum Gasteiger partial charge on any atom is -0.335 e. The maximum absolute atomic E-state index is 13.3. The van der Waals surface area contributed by atoms with Crippen LogP contribution in [-0.4, -0.2) is 86.3 Å². The van der Waals surface area contributed by atoms with Crippen molar-refractivity contribution in [3.05, 3.63) is 130 Å².